The first kappa shape index (κ1) is 15.1. The quantitative estimate of drug-likeness (QED) is 0.821. The van der Waals surface area contributed by atoms with Crippen molar-refractivity contribution in [1.82, 2.24) is 0 Å². The van der Waals surface area contributed by atoms with Crippen molar-refractivity contribution in [2.24, 2.45) is 0 Å². The minimum Gasteiger partial charge on any atom is -0.478 e. The number of carboxylic acids is 1. The summed E-state index contributed by atoms with van der Waals surface area (Å²) in [6.07, 6.45) is 2.55. The van der Waals surface area contributed by atoms with Crippen LogP contribution in [0.3, 0.4) is 0 Å². The van der Waals surface area contributed by atoms with Gasteiger partial charge in [-0.1, -0.05) is 29.3 Å². The molecule has 0 atom stereocenters. The number of hydrogen-bond acceptors (Lipinski definition) is 2. The fraction of sp³-hybridized carbons (Fsp3) is 0.118. The topological polar surface area (TPSA) is 46.5 Å². The monoisotopic (exact) mass is 302 g/mol. The fourth-order valence-electron chi connectivity index (χ4n) is 1.93. The Kier molecular flexibility index (Phi) is 4.66. The van der Waals surface area contributed by atoms with E-state index >= 15 is 0 Å². The summed E-state index contributed by atoms with van der Waals surface area (Å²) in [5.74, 6) is 0.224. The molecule has 0 unspecified atom stereocenters. The molecule has 0 fully saturated rings. The van der Waals surface area contributed by atoms with Crippen LogP contribution in [0.4, 0.5) is 0 Å². The molecule has 0 saturated carbocycles. The van der Waals surface area contributed by atoms with E-state index in [0.717, 1.165) is 17.2 Å². The van der Waals surface area contributed by atoms with E-state index < -0.39 is 5.97 Å². The van der Waals surface area contributed by atoms with Gasteiger partial charge in [-0.2, -0.15) is 0 Å². The standard InChI is InChI=1S/C17H15ClO3/c1-11-3-7-15(12(2)9-11)21-16-10-14(18)6-4-13(16)5-8-17(19)20/h3-10H,1-2H3,(H,19,20)/b8-5+. The average molecular weight is 303 g/mol. The highest BCUT2D eigenvalue weighted by Gasteiger charge is 2.07. The Morgan fingerprint density at radius 3 is 2.57 bits per heavy atom. The summed E-state index contributed by atoms with van der Waals surface area (Å²) in [6, 6.07) is 10.9. The molecule has 21 heavy (non-hydrogen) atoms. The maximum Gasteiger partial charge on any atom is 0.328 e. The molecule has 4 heteroatoms. The van der Waals surface area contributed by atoms with Gasteiger partial charge in [0.05, 0.1) is 0 Å². The molecule has 3 nitrogen and oxygen atoms in total. The number of hydrogen-bond donors (Lipinski definition) is 1. The third-order valence-corrected chi connectivity index (χ3v) is 3.17. The molecule has 0 saturated heterocycles. The predicted molar refractivity (Wildman–Crippen MR) is 84.1 cm³/mol. The highest BCUT2D eigenvalue weighted by molar-refractivity contribution is 6.30. The maximum absolute atomic E-state index is 10.6. The van der Waals surface area contributed by atoms with E-state index in [1.54, 1.807) is 18.2 Å². The molecular weight excluding hydrogens is 288 g/mol. The van der Waals surface area contributed by atoms with E-state index in [4.69, 9.17) is 21.4 Å². The molecule has 2 aromatic carbocycles. The molecule has 1 N–H and O–H groups in total. The van der Waals surface area contributed by atoms with Crippen LogP contribution in [0.25, 0.3) is 6.08 Å². The molecule has 0 amide bonds. The number of rotatable bonds is 4. The first-order chi connectivity index (χ1) is 9.95. The van der Waals surface area contributed by atoms with Gasteiger partial charge < -0.3 is 9.84 Å². The van der Waals surface area contributed by atoms with Gasteiger partial charge in [-0.05, 0) is 43.7 Å². The zero-order valence-corrected chi connectivity index (χ0v) is 12.5. The molecule has 0 aromatic heterocycles. The molecule has 0 aliphatic heterocycles. The smallest absolute Gasteiger partial charge is 0.328 e. The molecule has 0 heterocycles. The molecule has 0 aliphatic carbocycles. The molecule has 2 rings (SSSR count). The van der Waals surface area contributed by atoms with Crippen LogP contribution in [0, 0.1) is 13.8 Å². The predicted octanol–water partition coefficient (Wildman–Crippen LogP) is 4.85. The van der Waals surface area contributed by atoms with Gasteiger partial charge in [-0.25, -0.2) is 4.79 Å². The maximum atomic E-state index is 10.6. The Hall–Kier alpha value is -2.26. The van der Waals surface area contributed by atoms with E-state index in [1.807, 2.05) is 32.0 Å². The lowest BCUT2D eigenvalue weighted by atomic mass is 10.1. The first-order valence-electron chi connectivity index (χ1n) is 6.41. The number of halogens is 1. The van der Waals surface area contributed by atoms with Crippen molar-refractivity contribution in [3.63, 3.8) is 0 Å². The lowest BCUT2D eigenvalue weighted by Crippen LogP contribution is -1.92. The molecule has 0 spiro atoms. The minimum absolute atomic E-state index is 0.520. The third kappa shape index (κ3) is 4.10. The number of aryl methyl sites for hydroxylation is 2. The summed E-state index contributed by atoms with van der Waals surface area (Å²) < 4.78 is 5.88. The Labute approximate surface area is 128 Å². The van der Waals surface area contributed by atoms with E-state index in [0.29, 0.717) is 22.1 Å². The van der Waals surface area contributed by atoms with E-state index in [2.05, 4.69) is 0 Å². The fourth-order valence-corrected chi connectivity index (χ4v) is 2.09. The van der Waals surface area contributed by atoms with Crippen molar-refractivity contribution >= 4 is 23.6 Å². The van der Waals surface area contributed by atoms with Crippen molar-refractivity contribution in [1.29, 1.82) is 0 Å². The van der Waals surface area contributed by atoms with Crippen molar-refractivity contribution in [3.05, 3.63) is 64.2 Å². The van der Waals surface area contributed by atoms with Crippen LogP contribution in [-0.2, 0) is 4.79 Å². The Bertz CT molecular complexity index is 705. The van der Waals surface area contributed by atoms with Crippen LogP contribution in [-0.4, -0.2) is 11.1 Å². The first-order valence-corrected chi connectivity index (χ1v) is 6.79. The van der Waals surface area contributed by atoms with Crippen molar-refractivity contribution in [3.8, 4) is 11.5 Å². The number of carbonyl (C=O) groups is 1. The molecule has 108 valence electrons. The van der Waals surface area contributed by atoms with E-state index in [-0.39, 0.29) is 0 Å². The molecule has 0 radical (unpaired) electrons. The Morgan fingerprint density at radius 2 is 1.90 bits per heavy atom. The van der Waals surface area contributed by atoms with Gasteiger partial charge in [0.25, 0.3) is 0 Å². The number of carboxylic acid groups (broad SMARTS) is 1. The van der Waals surface area contributed by atoms with Crippen LogP contribution in [0.1, 0.15) is 16.7 Å². The third-order valence-electron chi connectivity index (χ3n) is 2.93. The van der Waals surface area contributed by atoms with Crippen LogP contribution in [0.15, 0.2) is 42.5 Å². The van der Waals surface area contributed by atoms with Gasteiger partial charge in [0.2, 0.25) is 0 Å². The second-order valence-corrected chi connectivity index (χ2v) is 5.16. The lowest BCUT2D eigenvalue weighted by Gasteiger charge is -2.12. The zero-order valence-electron chi connectivity index (χ0n) is 11.8. The molecule has 0 aliphatic rings. The summed E-state index contributed by atoms with van der Waals surface area (Å²) in [5, 5.41) is 9.26. The molecule has 0 bridgehead atoms. The summed E-state index contributed by atoms with van der Waals surface area (Å²) in [6.45, 7) is 3.97. The van der Waals surface area contributed by atoms with Gasteiger partial charge >= 0.3 is 5.97 Å². The highest BCUT2D eigenvalue weighted by Crippen LogP contribution is 2.31. The van der Waals surface area contributed by atoms with Crippen LogP contribution >= 0.6 is 11.6 Å². The van der Waals surface area contributed by atoms with E-state index in [1.165, 1.54) is 6.08 Å². The number of aliphatic carboxylic acids is 1. The van der Waals surface area contributed by atoms with Gasteiger partial charge in [0.1, 0.15) is 11.5 Å². The summed E-state index contributed by atoms with van der Waals surface area (Å²) in [5.41, 5.74) is 2.81. The van der Waals surface area contributed by atoms with Crippen LogP contribution in [0.5, 0.6) is 11.5 Å². The number of ether oxygens (including phenoxy) is 1. The van der Waals surface area contributed by atoms with E-state index in [9.17, 15) is 4.79 Å². The minimum atomic E-state index is -1.01. The highest BCUT2D eigenvalue weighted by atomic mass is 35.5. The molecular formula is C17H15ClO3. The normalized spacial score (nSPS) is 10.8. The van der Waals surface area contributed by atoms with Crippen molar-refractivity contribution < 1.29 is 14.6 Å². The van der Waals surface area contributed by atoms with Crippen molar-refractivity contribution in [2.45, 2.75) is 13.8 Å². The second kappa shape index (κ2) is 6.46. The van der Waals surface area contributed by atoms with Gasteiger partial charge in [0, 0.05) is 22.7 Å². The summed E-state index contributed by atoms with van der Waals surface area (Å²) in [4.78, 5) is 10.6. The molecule has 2 aromatic rings. The SMILES string of the molecule is Cc1ccc(Oc2cc(Cl)ccc2/C=C/C(=O)O)c(C)c1. The average Bonchev–Trinajstić information content (AvgIpc) is 2.41. The summed E-state index contributed by atoms with van der Waals surface area (Å²) >= 11 is 5.99. The Morgan fingerprint density at radius 1 is 1.14 bits per heavy atom. The number of benzene rings is 2. The summed E-state index contributed by atoms with van der Waals surface area (Å²) in [7, 11) is 0. The Balaban J connectivity index is 2.38. The van der Waals surface area contributed by atoms with Crippen LogP contribution < -0.4 is 4.74 Å². The largest absolute Gasteiger partial charge is 0.478 e. The zero-order chi connectivity index (χ0) is 15.4. The lowest BCUT2D eigenvalue weighted by molar-refractivity contribution is -0.131. The second-order valence-electron chi connectivity index (χ2n) is 4.72. The van der Waals surface area contributed by atoms with Gasteiger partial charge in [-0.15, -0.1) is 0 Å². The van der Waals surface area contributed by atoms with Gasteiger partial charge in [0.15, 0.2) is 0 Å². The van der Waals surface area contributed by atoms with Crippen molar-refractivity contribution in [2.75, 3.05) is 0 Å². The van der Waals surface area contributed by atoms with Crippen LogP contribution in [0.2, 0.25) is 5.02 Å². The van der Waals surface area contributed by atoms with Gasteiger partial charge in [-0.3, -0.25) is 0 Å².